The molecule has 4 rings (SSSR count). The molecule has 0 fully saturated rings. The van der Waals surface area contributed by atoms with E-state index in [1.807, 2.05) is 30.3 Å². The Morgan fingerprint density at radius 3 is 2.65 bits per heavy atom. The highest BCUT2D eigenvalue weighted by molar-refractivity contribution is 9.10. The van der Waals surface area contributed by atoms with Gasteiger partial charge in [0, 0.05) is 10.0 Å². The van der Waals surface area contributed by atoms with Crippen LogP contribution in [0.25, 0.3) is 11.4 Å². The molecule has 31 heavy (non-hydrogen) atoms. The number of nitrogens with one attached hydrogen (secondary N) is 1. The largest absolute Gasteiger partial charge is 0.459 e. The number of hydrogen-bond acceptors (Lipinski definition) is 7. The summed E-state index contributed by atoms with van der Waals surface area (Å²) in [5, 5.41) is 6.54. The van der Waals surface area contributed by atoms with Crippen molar-refractivity contribution in [2.24, 2.45) is 0 Å². The van der Waals surface area contributed by atoms with Gasteiger partial charge >= 0.3 is 5.97 Å². The molecule has 1 amide bonds. The van der Waals surface area contributed by atoms with E-state index in [4.69, 9.17) is 13.7 Å². The average Bonchev–Trinajstić information content (AvgIpc) is 3.49. The Morgan fingerprint density at radius 1 is 1.06 bits per heavy atom. The van der Waals surface area contributed by atoms with E-state index in [-0.39, 0.29) is 18.3 Å². The smallest absolute Gasteiger partial charge is 0.333 e. The van der Waals surface area contributed by atoms with Gasteiger partial charge in [-0.05, 0) is 29.8 Å². The number of nitrogens with zero attached hydrogens (tertiary/aromatic N) is 2. The van der Waals surface area contributed by atoms with E-state index in [1.54, 1.807) is 30.3 Å². The second-order valence-corrected chi connectivity index (χ2v) is 7.34. The van der Waals surface area contributed by atoms with E-state index in [2.05, 4.69) is 31.4 Å². The molecule has 0 aliphatic carbocycles. The van der Waals surface area contributed by atoms with Crippen molar-refractivity contribution in [3.63, 3.8) is 0 Å². The predicted molar refractivity (Wildman–Crippen MR) is 113 cm³/mol. The van der Waals surface area contributed by atoms with Crippen molar-refractivity contribution in [3.8, 4) is 11.4 Å². The standard InChI is InChI=1S/C22H16BrN3O5/c23-16-9-4-8-15(12-16)20-24-18(31-26-20)13-30-22(28)19(14-6-2-1-3-7-14)25-21(27)17-10-5-11-29-17/h1-12,19H,13H2,(H,25,27). The van der Waals surface area contributed by atoms with Crippen molar-refractivity contribution in [1.29, 1.82) is 0 Å². The van der Waals surface area contributed by atoms with Gasteiger partial charge in [0.05, 0.1) is 6.26 Å². The summed E-state index contributed by atoms with van der Waals surface area (Å²) in [6.07, 6.45) is 1.38. The molecule has 1 unspecified atom stereocenters. The van der Waals surface area contributed by atoms with Gasteiger partial charge in [-0.15, -0.1) is 0 Å². The molecular formula is C22H16BrN3O5. The van der Waals surface area contributed by atoms with E-state index in [0.717, 1.165) is 10.0 Å². The molecule has 8 nitrogen and oxygen atoms in total. The van der Waals surface area contributed by atoms with E-state index in [0.29, 0.717) is 11.4 Å². The maximum Gasteiger partial charge on any atom is 0.333 e. The third kappa shape index (κ3) is 5.07. The monoisotopic (exact) mass is 481 g/mol. The number of aromatic nitrogens is 2. The first-order valence-electron chi connectivity index (χ1n) is 9.24. The zero-order chi connectivity index (χ0) is 21.6. The molecule has 0 bridgehead atoms. The van der Waals surface area contributed by atoms with Crippen molar-refractivity contribution in [1.82, 2.24) is 15.5 Å². The Hall–Kier alpha value is -3.72. The van der Waals surface area contributed by atoms with Gasteiger partial charge in [-0.3, -0.25) is 4.79 Å². The lowest BCUT2D eigenvalue weighted by molar-refractivity contribution is -0.148. The minimum Gasteiger partial charge on any atom is -0.459 e. The SMILES string of the molecule is O=C(NC(C(=O)OCc1nc(-c2cccc(Br)c2)no1)c1ccccc1)c1ccco1. The number of ether oxygens (including phenoxy) is 1. The fraction of sp³-hybridized carbons (Fsp3) is 0.0909. The lowest BCUT2D eigenvalue weighted by atomic mass is 10.1. The summed E-state index contributed by atoms with van der Waals surface area (Å²) < 4.78 is 16.5. The van der Waals surface area contributed by atoms with Crippen LogP contribution in [-0.4, -0.2) is 22.0 Å². The van der Waals surface area contributed by atoms with Crippen LogP contribution >= 0.6 is 15.9 Å². The molecule has 156 valence electrons. The number of benzene rings is 2. The summed E-state index contributed by atoms with van der Waals surface area (Å²) in [5.41, 5.74) is 1.32. The second-order valence-electron chi connectivity index (χ2n) is 6.42. The van der Waals surface area contributed by atoms with Gasteiger partial charge in [0.2, 0.25) is 5.82 Å². The van der Waals surface area contributed by atoms with Crippen LogP contribution < -0.4 is 5.32 Å². The third-order valence-corrected chi connectivity index (χ3v) is 4.77. The first-order chi connectivity index (χ1) is 15.1. The van der Waals surface area contributed by atoms with Crippen LogP contribution in [0.1, 0.15) is 28.1 Å². The minimum atomic E-state index is -1.04. The maximum absolute atomic E-state index is 12.8. The van der Waals surface area contributed by atoms with Gasteiger partial charge < -0.3 is 19.0 Å². The van der Waals surface area contributed by atoms with E-state index in [1.165, 1.54) is 12.3 Å². The van der Waals surface area contributed by atoms with E-state index < -0.39 is 17.9 Å². The van der Waals surface area contributed by atoms with Crippen LogP contribution in [0.4, 0.5) is 0 Å². The molecule has 4 aromatic rings. The first kappa shape index (κ1) is 20.5. The van der Waals surface area contributed by atoms with Crippen molar-refractivity contribution in [2.45, 2.75) is 12.6 Å². The third-order valence-electron chi connectivity index (χ3n) is 4.28. The summed E-state index contributed by atoms with van der Waals surface area (Å²) in [4.78, 5) is 29.4. The Balaban J connectivity index is 1.46. The fourth-order valence-corrected chi connectivity index (χ4v) is 3.21. The molecule has 9 heteroatoms. The number of rotatable bonds is 7. The van der Waals surface area contributed by atoms with Crippen LogP contribution in [0.3, 0.4) is 0 Å². The summed E-state index contributed by atoms with van der Waals surface area (Å²) in [5.74, 6) is -0.617. The molecular weight excluding hydrogens is 466 g/mol. The fourth-order valence-electron chi connectivity index (χ4n) is 2.81. The van der Waals surface area contributed by atoms with Gasteiger partial charge in [-0.25, -0.2) is 4.79 Å². The van der Waals surface area contributed by atoms with Crippen LogP contribution in [-0.2, 0) is 16.1 Å². The molecule has 0 radical (unpaired) electrons. The van der Waals surface area contributed by atoms with E-state index in [9.17, 15) is 9.59 Å². The number of carbonyl (C=O) groups excluding carboxylic acids is 2. The van der Waals surface area contributed by atoms with E-state index >= 15 is 0 Å². The highest BCUT2D eigenvalue weighted by atomic mass is 79.9. The predicted octanol–water partition coefficient (Wildman–Crippen LogP) is 4.31. The van der Waals surface area contributed by atoms with Crippen molar-refractivity contribution < 1.29 is 23.3 Å². The van der Waals surface area contributed by atoms with Crippen molar-refractivity contribution in [3.05, 3.63) is 94.7 Å². The summed E-state index contributed by atoms with van der Waals surface area (Å²) in [6.45, 7) is -0.236. The highest BCUT2D eigenvalue weighted by Gasteiger charge is 2.26. The van der Waals surface area contributed by atoms with Crippen molar-refractivity contribution >= 4 is 27.8 Å². The van der Waals surface area contributed by atoms with Gasteiger partial charge in [-0.2, -0.15) is 4.98 Å². The lowest BCUT2D eigenvalue weighted by Crippen LogP contribution is -2.34. The summed E-state index contributed by atoms with van der Waals surface area (Å²) >= 11 is 3.39. The minimum absolute atomic E-state index is 0.0873. The van der Waals surface area contributed by atoms with Crippen LogP contribution in [0, 0.1) is 0 Å². The molecule has 2 aromatic heterocycles. The van der Waals surface area contributed by atoms with Gasteiger partial charge in [-0.1, -0.05) is 63.6 Å². The van der Waals surface area contributed by atoms with Gasteiger partial charge in [0.25, 0.3) is 11.8 Å². The average molecular weight is 482 g/mol. The first-order valence-corrected chi connectivity index (χ1v) is 10.0. The molecule has 0 saturated heterocycles. The molecule has 0 spiro atoms. The number of halogens is 1. The zero-order valence-electron chi connectivity index (χ0n) is 16.0. The molecule has 2 aromatic carbocycles. The van der Waals surface area contributed by atoms with Crippen molar-refractivity contribution in [2.75, 3.05) is 0 Å². The zero-order valence-corrected chi connectivity index (χ0v) is 17.6. The number of amides is 1. The van der Waals surface area contributed by atoms with Crippen LogP contribution in [0.5, 0.6) is 0 Å². The van der Waals surface area contributed by atoms with Crippen LogP contribution in [0.2, 0.25) is 0 Å². The molecule has 1 atom stereocenters. The number of esters is 1. The Bertz CT molecular complexity index is 1170. The van der Waals surface area contributed by atoms with Gasteiger partial charge in [0.1, 0.15) is 0 Å². The topological polar surface area (TPSA) is 107 Å². The Morgan fingerprint density at radius 2 is 1.90 bits per heavy atom. The molecule has 0 saturated carbocycles. The molecule has 0 aliphatic rings. The summed E-state index contributed by atoms with van der Waals surface area (Å²) in [6, 6.07) is 18.2. The normalized spacial score (nSPS) is 11.6. The number of hydrogen-bond donors (Lipinski definition) is 1. The number of carbonyl (C=O) groups is 2. The molecule has 1 N–H and O–H groups in total. The van der Waals surface area contributed by atoms with Gasteiger partial charge in [0.15, 0.2) is 18.4 Å². The quantitative estimate of drug-likeness (QED) is 0.391. The lowest BCUT2D eigenvalue weighted by Gasteiger charge is -2.17. The summed E-state index contributed by atoms with van der Waals surface area (Å²) in [7, 11) is 0. The van der Waals surface area contributed by atoms with Crippen LogP contribution in [0.15, 0.2) is 86.4 Å². The Kier molecular flexibility index (Phi) is 6.23. The molecule has 0 aliphatic heterocycles. The molecule has 2 heterocycles. The Labute approximate surface area is 185 Å². The highest BCUT2D eigenvalue weighted by Crippen LogP contribution is 2.21. The second kappa shape index (κ2) is 9.40. The maximum atomic E-state index is 12.8. The number of furan rings is 1.